The molecule has 0 spiro atoms. The van der Waals surface area contributed by atoms with E-state index in [1.165, 1.54) is 44.2 Å². The molecule has 0 saturated carbocycles. The van der Waals surface area contributed by atoms with Crippen molar-refractivity contribution in [1.82, 2.24) is 0 Å². The Balaban J connectivity index is 0.000000136. The summed E-state index contributed by atoms with van der Waals surface area (Å²) in [6.45, 7) is 1.72. The minimum Gasteiger partial charge on any atom is -0.375 e. The lowest BCUT2D eigenvalue weighted by Gasteiger charge is -2.34. The minimum absolute atomic E-state index is 0.0319. The van der Waals surface area contributed by atoms with Crippen molar-refractivity contribution in [2.24, 2.45) is 0 Å². The summed E-state index contributed by atoms with van der Waals surface area (Å²) in [6, 6.07) is 9.31. The van der Waals surface area contributed by atoms with Crippen LogP contribution in [0.4, 0.5) is 10.1 Å². The van der Waals surface area contributed by atoms with E-state index in [1.807, 2.05) is 6.07 Å². The Morgan fingerprint density at radius 3 is 1.80 bits per heavy atom. The number of morpholine rings is 1. The molecule has 6 rings (SSSR count). The summed E-state index contributed by atoms with van der Waals surface area (Å²) in [5, 5.41) is 0.965. The van der Waals surface area contributed by atoms with Crippen LogP contribution in [0.2, 0.25) is 10.0 Å². The number of carbonyl (C=O) groups excluding carboxylic acids is 2. The van der Waals surface area contributed by atoms with Crippen molar-refractivity contribution in [3.8, 4) is 0 Å². The molecule has 188 valence electrons. The summed E-state index contributed by atoms with van der Waals surface area (Å²) in [5.74, 6) is -0.581. The SMILES string of the molecule is C1CC2CCC(C1)O2.O=Cc1ccc(Cl)cc1F.O=Cc1ccc(Cl)cc1N1CC2CCC(C1)O2. The van der Waals surface area contributed by atoms with Crippen LogP contribution < -0.4 is 4.90 Å². The molecule has 4 atom stereocenters. The molecule has 4 aliphatic heterocycles. The van der Waals surface area contributed by atoms with E-state index in [9.17, 15) is 14.0 Å². The van der Waals surface area contributed by atoms with Crippen LogP contribution >= 0.6 is 23.2 Å². The largest absolute Gasteiger partial charge is 0.375 e. The Bertz CT molecular complexity index is 1010. The van der Waals surface area contributed by atoms with Gasteiger partial charge in [-0.15, -0.1) is 0 Å². The summed E-state index contributed by atoms with van der Waals surface area (Å²) < 4.78 is 23.9. The van der Waals surface area contributed by atoms with Crippen LogP contribution in [0.1, 0.15) is 65.7 Å². The fourth-order valence-corrected chi connectivity index (χ4v) is 5.40. The maximum atomic E-state index is 12.5. The number of rotatable bonds is 3. The number of carbonyl (C=O) groups is 2. The van der Waals surface area contributed by atoms with Crippen LogP contribution in [-0.4, -0.2) is 50.1 Å². The molecule has 8 heteroatoms. The Morgan fingerprint density at radius 1 is 0.743 bits per heavy atom. The molecule has 35 heavy (non-hydrogen) atoms. The molecule has 4 bridgehead atoms. The smallest absolute Gasteiger partial charge is 0.152 e. The van der Waals surface area contributed by atoms with Crippen molar-refractivity contribution < 1.29 is 23.5 Å². The van der Waals surface area contributed by atoms with Crippen LogP contribution in [0.25, 0.3) is 0 Å². The first-order valence-corrected chi connectivity index (χ1v) is 12.9. The molecular weight excluding hydrogens is 492 g/mol. The van der Waals surface area contributed by atoms with Gasteiger partial charge in [-0.1, -0.05) is 23.2 Å². The van der Waals surface area contributed by atoms with Gasteiger partial charge in [0, 0.05) is 34.4 Å². The molecule has 4 saturated heterocycles. The van der Waals surface area contributed by atoms with Crippen LogP contribution in [0.15, 0.2) is 36.4 Å². The van der Waals surface area contributed by atoms with E-state index in [-0.39, 0.29) is 5.56 Å². The molecule has 0 amide bonds. The predicted octanol–water partition coefficient (Wildman–Crippen LogP) is 6.53. The van der Waals surface area contributed by atoms with Crippen molar-refractivity contribution in [1.29, 1.82) is 0 Å². The first-order valence-electron chi connectivity index (χ1n) is 12.2. The Morgan fingerprint density at radius 2 is 1.26 bits per heavy atom. The van der Waals surface area contributed by atoms with Gasteiger partial charge in [-0.2, -0.15) is 0 Å². The van der Waals surface area contributed by atoms with Gasteiger partial charge in [0.2, 0.25) is 0 Å². The maximum absolute atomic E-state index is 12.5. The molecule has 2 aromatic rings. The number of benzene rings is 2. The number of fused-ring (bicyclic) bond motifs is 4. The van der Waals surface area contributed by atoms with E-state index in [4.69, 9.17) is 32.7 Å². The summed E-state index contributed by atoms with van der Waals surface area (Å²) >= 11 is 11.4. The van der Waals surface area contributed by atoms with Gasteiger partial charge in [-0.3, -0.25) is 9.59 Å². The number of halogens is 3. The first-order chi connectivity index (χ1) is 16.9. The molecule has 4 heterocycles. The lowest BCUT2D eigenvalue weighted by Crippen LogP contribution is -2.43. The summed E-state index contributed by atoms with van der Waals surface area (Å²) in [7, 11) is 0. The molecular formula is C27H30Cl2FNO4. The van der Waals surface area contributed by atoms with Gasteiger partial charge in [0.05, 0.1) is 30.0 Å². The van der Waals surface area contributed by atoms with Crippen LogP contribution in [0.3, 0.4) is 0 Å². The van der Waals surface area contributed by atoms with Crippen molar-refractivity contribution in [3.63, 3.8) is 0 Å². The van der Waals surface area contributed by atoms with Gasteiger partial charge in [0.25, 0.3) is 0 Å². The lowest BCUT2D eigenvalue weighted by atomic mass is 10.1. The fourth-order valence-electron chi connectivity index (χ4n) is 5.08. The van der Waals surface area contributed by atoms with Gasteiger partial charge < -0.3 is 14.4 Å². The summed E-state index contributed by atoms with van der Waals surface area (Å²) in [5.41, 5.74) is 1.67. The molecule has 0 N–H and O–H groups in total. The van der Waals surface area contributed by atoms with Gasteiger partial charge in [0.1, 0.15) is 5.82 Å². The Labute approximate surface area is 215 Å². The zero-order valence-corrected chi connectivity index (χ0v) is 21.0. The number of anilines is 1. The maximum Gasteiger partial charge on any atom is 0.152 e. The van der Waals surface area contributed by atoms with Gasteiger partial charge in [-0.05, 0) is 81.3 Å². The standard InChI is InChI=1S/C13H14ClNO2.C7H4ClFO.C7H12O/c14-10-2-1-9(8-16)13(5-10)15-6-11-3-4-12(7-15)17-11;8-6-2-1-5(4-10)7(9)3-6;1-2-6-4-5-7(3-1)8-6/h1-2,5,8,11-12H,3-4,6-7H2;1-4H;6-7H,1-5H2. The second kappa shape index (κ2) is 12.3. The van der Waals surface area contributed by atoms with Gasteiger partial charge >= 0.3 is 0 Å². The fraction of sp³-hybridized carbons (Fsp3) is 0.481. The third-order valence-corrected chi connectivity index (χ3v) is 7.31. The molecule has 2 aromatic carbocycles. The van der Waals surface area contributed by atoms with Crippen molar-refractivity contribution in [2.45, 2.75) is 69.4 Å². The summed E-state index contributed by atoms with van der Waals surface area (Å²) in [4.78, 5) is 23.3. The molecule has 0 radical (unpaired) electrons. The monoisotopic (exact) mass is 521 g/mol. The lowest BCUT2D eigenvalue weighted by molar-refractivity contribution is 0.00574. The predicted molar refractivity (Wildman–Crippen MR) is 135 cm³/mol. The molecule has 4 fully saturated rings. The van der Waals surface area contributed by atoms with E-state index in [0.29, 0.717) is 46.3 Å². The highest BCUT2D eigenvalue weighted by atomic mass is 35.5. The van der Waals surface area contributed by atoms with Gasteiger partial charge in [-0.25, -0.2) is 4.39 Å². The van der Waals surface area contributed by atoms with E-state index in [2.05, 4.69) is 4.90 Å². The average molecular weight is 522 g/mol. The normalized spacial score (nSPS) is 26.2. The molecule has 5 nitrogen and oxygen atoms in total. The highest BCUT2D eigenvalue weighted by molar-refractivity contribution is 6.31. The third-order valence-electron chi connectivity index (χ3n) is 6.84. The molecule has 0 aromatic heterocycles. The molecule has 4 unspecified atom stereocenters. The van der Waals surface area contributed by atoms with E-state index in [0.717, 1.165) is 44.0 Å². The van der Waals surface area contributed by atoms with E-state index < -0.39 is 5.82 Å². The number of ether oxygens (including phenoxy) is 2. The highest BCUT2D eigenvalue weighted by Crippen LogP contribution is 2.33. The van der Waals surface area contributed by atoms with E-state index >= 15 is 0 Å². The first kappa shape index (κ1) is 26.1. The second-order valence-electron chi connectivity index (χ2n) is 9.36. The molecule has 0 aliphatic carbocycles. The average Bonchev–Trinajstić information content (AvgIpc) is 3.38. The zero-order chi connectivity index (χ0) is 24.8. The minimum atomic E-state index is -0.581. The summed E-state index contributed by atoms with van der Waals surface area (Å²) in [6.07, 6.45) is 12.3. The number of hydrogen-bond acceptors (Lipinski definition) is 5. The van der Waals surface area contributed by atoms with E-state index in [1.54, 1.807) is 12.1 Å². The highest BCUT2D eigenvalue weighted by Gasteiger charge is 2.34. The zero-order valence-electron chi connectivity index (χ0n) is 19.5. The topological polar surface area (TPSA) is 55.8 Å². The molecule has 4 aliphatic rings. The van der Waals surface area contributed by atoms with Crippen LogP contribution in [0, 0.1) is 5.82 Å². The number of nitrogens with zero attached hydrogens (tertiary/aromatic N) is 1. The quantitative estimate of drug-likeness (QED) is 0.429. The Hall–Kier alpha value is -1.99. The number of aldehydes is 2. The van der Waals surface area contributed by atoms with Gasteiger partial charge in [0.15, 0.2) is 12.6 Å². The van der Waals surface area contributed by atoms with Crippen molar-refractivity contribution in [3.05, 3.63) is 63.4 Å². The van der Waals surface area contributed by atoms with Crippen molar-refractivity contribution >= 4 is 41.5 Å². The second-order valence-corrected chi connectivity index (χ2v) is 10.2. The Kier molecular flexibility index (Phi) is 9.17. The van der Waals surface area contributed by atoms with Crippen LogP contribution in [0.5, 0.6) is 0 Å². The van der Waals surface area contributed by atoms with Crippen LogP contribution in [-0.2, 0) is 9.47 Å². The third kappa shape index (κ3) is 7.04. The van der Waals surface area contributed by atoms with Crippen molar-refractivity contribution in [2.75, 3.05) is 18.0 Å². The number of hydrogen-bond donors (Lipinski definition) is 0.